The van der Waals surface area contributed by atoms with E-state index < -0.39 is 5.97 Å². The van der Waals surface area contributed by atoms with E-state index in [9.17, 15) is 4.79 Å². The lowest BCUT2D eigenvalue weighted by atomic mass is 10.1. The third kappa shape index (κ3) is 2.73. The van der Waals surface area contributed by atoms with Gasteiger partial charge in [-0.25, -0.2) is 9.78 Å². The number of benzene rings is 1. The van der Waals surface area contributed by atoms with Crippen LogP contribution in [0.15, 0.2) is 29.6 Å². The van der Waals surface area contributed by atoms with Gasteiger partial charge in [-0.15, -0.1) is 11.3 Å². The summed E-state index contributed by atoms with van der Waals surface area (Å²) in [6, 6.07) is 7.25. The van der Waals surface area contributed by atoms with Crippen LogP contribution in [0.5, 0.6) is 0 Å². The molecule has 0 radical (unpaired) electrons. The Balaban J connectivity index is 1.80. The van der Waals surface area contributed by atoms with Crippen molar-refractivity contribution in [3.8, 4) is 11.3 Å². The fourth-order valence-electron chi connectivity index (χ4n) is 2.43. The number of aromatic nitrogens is 1. The molecule has 0 bridgehead atoms. The SMILES string of the molecule is O=C(O)c1ccc(-c2csc([C@H]3CCCCN3)n2)cc1. The van der Waals surface area contributed by atoms with Crippen molar-refractivity contribution in [3.63, 3.8) is 0 Å². The Hall–Kier alpha value is -1.72. The van der Waals surface area contributed by atoms with Crippen molar-refractivity contribution in [1.29, 1.82) is 0 Å². The highest BCUT2D eigenvalue weighted by molar-refractivity contribution is 7.10. The zero-order chi connectivity index (χ0) is 13.9. The molecule has 104 valence electrons. The van der Waals surface area contributed by atoms with Crippen LogP contribution in [-0.2, 0) is 0 Å². The number of piperidine rings is 1. The molecule has 1 aromatic heterocycles. The normalized spacial score (nSPS) is 18.9. The lowest BCUT2D eigenvalue weighted by Crippen LogP contribution is -2.26. The van der Waals surface area contributed by atoms with Gasteiger partial charge in [-0.3, -0.25) is 0 Å². The lowest BCUT2D eigenvalue weighted by molar-refractivity contribution is 0.0697. The minimum absolute atomic E-state index is 0.304. The van der Waals surface area contributed by atoms with Crippen LogP contribution in [0.1, 0.15) is 40.7 Å². The van der Waals surface area contributed by atoms with E-state index in [4.69, 9.17) is 5.11 Å². The van der Waals surface area contributed by atoms with E-state index in [1.807, 2.05) is 17.5 Å². The van der Waals surface area contributed by atoms with E-state index in [0.29, 0.717) is 11.6 Å². The minimum atomic E-state index is -0.901. The Labute approximate surface area is 121 Å². The van der Waals surface area contributed by atoms with Crippen molar-refractivity contribution >= 4 is 17.3 Å². The summed E-state index contributed by atoms with van der Waals surface area (Å²) in [5.74, 6) is -0.901. The smallest absolute Gasteiger partial charge is 0.335 e. The molecule has 1 aromatic carbocycles. The molecule has 0 unspecified atom stereocenters. The second-order valence-electron chi connectivity index (χ2n) is 4.96. The van der Waals surface area contributed by atoms with Gasteiger partial charge in [0.25, 0.3) is 0 Å². The van der Waals surface area contributed by atoms with Crippen LogP contribution in [0.25, 0.3) is 11.3 Å². The van der Waals surface area contributed by atoms with Crippen molar-refractivity contribution in [1.82, 2.24) is 10.3 Å². The third-order valence-electron chi connectivity index (χ3n) is 3.56. The van der Waals surface area contributed by atoms with Crippen LogP contribution in [-0.4, -0.2) is 22.6 Å². The summed E-state index contributed by atoms with van der Waals surface area (Å²) in [6.45, 7) is 1.06. The summed E-state index contributed by atoms with van der Waals surface area (Å²) >= 11 is 1.67. The first-order chi connectivity index (χ1) is 9.74. The molecule has 2 N–H and O–H groups in total. The van der Waals surface area contributed by atoms with Gasteiger partial charge in [-0.2, -0.15) is 0 Å². The van der Waals surface area contributed by atoms with Gasteiger partial charge in [-0.1, -0.05) is 18.6 Å². The summed E-state index contributed by atoms with van der Waals surface area (Å²) in [5.41, 5.74) is 2.20. The first kappa shape index (κ1) is 13.3. The highest BCUT2D eigenvalue weighted by atomic mass is 32.1. The van der Waals surface area contributed by atoms with E-state index in [1.165, 1.54) is 12.8 Å². The fourth-order valence-corrected chi connectivity index (χ4v) is 3.36. The van der Waals surface area contributed by atoms with Gasteiger partial charge < -0.3 is 10.4 Å². The monoisotopic (exact) mass is 288 g/mol. The van der Waals surface area contributed by atoms with Crippen molar-refractivity contribution in [2.75, 3.05) is 6.54 Å². The number of nitrogens with zero attached hydrogens (tertiary/aromatic N) is 1. The number of rotatable bonds is 3. The highest BCUT2D eigenvalue weighted by Gasteiger charge is 2.18. The molecule has 1 saturated heterocycles. The number of carboxylic acids is 1. The van der Waals surface area contributed by atoms with Crippen LogP contribution in [0.4, 0.5) is 0 Å². The van der Waals surface area contributed by atoms with Gasteiger partial charge >= 0.3 is 5.97 Å². The average molecular weight is 288 g/mol. The number of carboxylic acid groups (broad SMARTS) is 1. The summed E-state index contributed by atoms with van der Waals surface area (Å²) in [7, 11) is 0. The van der Waals surface area contributed by atoms with Crippen molar-refractivity contribution in [2.24, 2.45) is 0 Å². The van der Waals surface area contributed by atoms with Crippen molar-refractivity contribution < 1.29 is 9.90 Å². The van der Waals surface area contributed by atoms with Crippen molar-refractivity contribution in [3.05, 3.63) is 40.2 Å². The molecule has 2 heterocycles. The van der Waals surface area contributed by atoms with Gasteiger partial charge in [0.2, 0.25) is 0 Å². The second kappa shape index (κ2) is 5.73. The van der Waals surface area contributed by atoms with Gasteiger partial charge in [0, 0.05) is 10.9 Å². The molecule has 0 amide bonds. The molecule has 0 spiro atoms. The second-order valence-corrected chi connectivity index (χ2v) is 5.85. The Morgan fingerprint density at radius 1 is 1.30 bits per heavy atom. The van der Waals surface area contributed by atoms with E-state index in [-0.39, 0.29) is 0 Å². The molecular formula is C15H16N2O2S. The average Bonchev–Trinajstić information content (AvgIpc) is 2.98. The summed E-state index contributed by atoms with van der Waals surface area (Å²) < 4.78 is 0. The number of carbonyl (C=O) groups is 1. The van der Waals surface area contributed by atoms with Crippen LogP contribution in [0.2, 0.25) is 0 Å². The molecule has 0 aliphatic carbocycles. The summed E-state index contributed by atoms with van der Waals surface area (Å²) in [4.78, 5) is 15.5. The Morgan fingerprint density at radius 2 is 2.10 bits per heavy atom. The van der Waals surface area contributed by atoms with E-state index in [0.717, 1.165) is 29.2 Å². The Kier molecular flexibility index (Phi) is 3.80. The van der Waals surface area contributed by atoms with E-state index in [2.05, 4.69) is 10.3 Å². The first-order valence-corrected chi connectivity index (χ1v) is 7.64. The predicted octanol–water partition coefficient (Wildman–Crippen LogP) is 3.32. The standard InChI is InChI=1S/C15H16N2O2S/c18-15(19)11-6-4-10(5-7-11)13-9-20-14(17-13)12-3-1-2-8-16-12/h4-7,9,12,16H,1-3,8H2,(H,18,19)/t12-/m1/s1. The lowest BCUT2D eigenvalue weighted by Gasteiger charge is -2.21. The zero-order valence-electron chi connectivity index (χ0n) is 11.0. The molecule has 5 heteroatoms. The molecule has 2 aromatic rings. The maximum absolute atomic E-state index is 10.8. The molecule has 3 rings (SSSR count). The van der Waals surface area contributed by atoms with E-state index in [1.54, 1.807) is 23.5 Å². The Bertz CT molecular complexity index is 601. The highest BCUT2D eigenvalue weighted by Crippen LogP contribution is 2.29. The maximum atomic E-state index is 10.8. The third-order valence-corrected chi connectivity index (χ3v) is 4.52. The maximum Gasteiger partial charge on any atom is 0.335 e. The van der Waals surface area contributed by atoms with Crippen LogP contribution >= 0.6 is 11.3 Å². The van der Waals surface area contributed by atoms with Crippen molar-refractivity contribution in [2.45, 2.75) is 25.3 Å². The zero-order valence-corrected chi connectivity index (χ0v) is 11.8. The molecule has 20 heavy (non-hydrogen) atoms. The van der Waals surface area contributed by atoms with Crippen LogP contribution in [0.3, 0.4) is 0 Å². The Morgan fingerprint density at radius 3 is 2.75 bits per heavy atom. The molecule has 1 fully saturated rings. The van der Waals surface area contributed by atoms with E-state index >= 15 is 0 Å². The number of thiazole rings is 1. The molecule has 0 saturated carbocycles. The quantitative estimate of drug-likeness (QED) is 0.909. The van der Waals surface area contributed by atoms with Gasteiger partial charge in [0.1, 0.15) is 5.01 Å². The topological polar surface area (TPSA) is 62.2 Å². The minimum Gasteiger partial charge on any atom is -0.478 e. The number of hydrogen-bond donors (Lipinski definition) is 2. The molecule has 1 aliphatic rings. The summed E-state index contributed by atoms with van der Waals surface area (Å²) in [5, 5.41) is 15.6. The molecular weight excluding hydrogens is 272 g/mol. The van der Waals surface area contributed by atoms with Gasteiger partial charge in [0.15, 0.2) is 0 Å². The number of nitrogens with one attached hydrogen (secondary N) is 1. The van der Waals surface area contributed by atoms with Crippen LogP contribution < -0.4 is 5.32 Å². The molecule has 4 nitrogen and oxygen atoms in total. The number of hydrogen-bond acceptors (Lipinski definition) is 4. The first-order valence-electron chi connectivity index (χ1n) is 6.76. The summed E-state index contributed by atoms with van der Waals surface area (Å²) in [6.07, 6.45) is 3.64. The van der Waals surface area contributed by atoms with Gasteiger partial charge in [-0.05, 0) is 31.5 Å². The fraction of sp³-hybridized carbons (Fsp3) is 0.333. The number of aromatic carboxylic acids is 1. The molecule has 1 atom stereocenters. The largest absolute Gasteiger partial charge is 0.478 e. The predicted molar refractivity (Wildman–Crippen MR) is 79.1 cm³/mol. The molecule has 1 aliphatic heterocycles. The van der Waals surface area contributed by atoms with Gasteiger partial charge in [0.05, 0.1) is 17.3 Å². The van der Waals surface area contributed by atoms with Crippen LogP contribution in [0, 0.1) is 0 Å².